The third-order valence-electron chi connectivity index (χ3n) is 3.62. The van der Waals surface area contributed by atoms with Gasteiger partial charge in [0.15, 0.2) is 0 Å². The molecule has 1 aliphatic carbocycles. The van der Waals surface area contributed by atoms with Crippen LogP contribution in [0.15, 0.2) is 0 Å². The molecule has 0 aromatic carbocycles. The summed E-state index contributed by atoms with van der Waals surface area (Å²) in [5, 5.41) is 4.71. The minimum atomic E-state index is 0.338. The zero-order valence-electron chi connectivity index (χ0n) is 10.1. The maximum Gasteiger partial charge on any atom is 0.142 e. The van der Waals surface area contributed by atoms with Gasteiger partial charge in [-0.15, -0.1) is 0 Å². The summed E-state index contributed by atoms with van der Waals surface area (Å²) < 4.78 is 9.97. The summed E-state index contributed by atoms with van der Waals surface area (Å²) in [6.45, 7) is 3.08. The van der Waals surface area contributed by atoms with Crippen molar-refractivity contribution in [2.24, 2.45) is 0 Å². The van der Waals surface area contributed by atoms with Gasteiger partial charge in [-0.2, -0.15) is 4.37 Å². The minimum absolute atomic E-state index is 0.338. The second-order valence-corrected chi connectivity index (χ2v) is 5.84. The molecule has 5 heteroatoms. The van der Waals surface area contributed by atoms with Gasteiger partial charge in [-0.1, -0.05) is 0 Å². The topological polar surface area (TPSA) is 60.2 Å². The third kappa shape index (κ3) is 2.26. The first-order valence-electron chi connectivity index (χ1n) is 6.39. The number of nitrogen functional groups attached to an aromatic ring is 1. The fourth-order valence-corrected chi connectivity index (χ4v) is 3.37. The van der Waals surface area contributed by atoms with Crippen LogP contribution in [0, 0.1) is 0 Å². The van der Waals surface area contributed by atoms with Gasteiger partial charge < -0.3 is 15.8 Å². The Morgan fingerprint density at radius 2 is 2.29 bits per heavy atom. The van der Waals surface area contributed by atoms with Crippen molar-refractivity contribution in [1.82, 2.24) is 4.37 Å². The number of ether oxygens (including phenoxy) is 1. The molecule has 2 heterocycles. The normalized spacial score (nSPS) is 26.1. The Morgan fingerprint density at radius 1 is 1.47 bits per heavy atom. The molecule has 17 heavy (non-hydrogen) atoms. The number of hydrogen-bond acceptors (Lipinski definition) is 5. The van der Waals surface area contributed by atoms with Crippen molar-refractivity contribution in [2.75, 3.05) is 17.7 Å². The van der Waals surface area contributed by atoms with E-state index < -0.39 is 0 Å². The van der Waals surface area contributed by atoms with E-state index in [0.29, 0.717) is 18.1 Å². The van der Waals surface area contributed by atoms with Crippen molar-refractivity contribution in [3.8, 4) is 0 Å². The summed E-state index contributed by atoms with van der Waals surface area (Å²) >= 11 is 1.49. The number of nitrogens with one attached hydrogen (secondary N) is 1. The Morgan fingerprint density at radius 3 is 2.94 bits per heavy atom. The number of rotatable bonds is 4. The Balaban J connectivity index is 1.71. The summed E-state index contributed by atoms with van der Waals surface area (Å²) in [5.41, 5.74) is 7.19. The maximum atomic E-state index is 5.94. The molecule has 1 aromatic heterocycles. The molecule has 0 spiro atoms. The van der Waals surface area contributed by atoms with Crippen molar-refractivity contribution in [2.45, 2.75) is 50.7 Å². The van der Waals surface area contributed by atoms with Gasteiger partial charge >= 0.3 is 0 Å². The smallest absolute Gasteiger partial charge is 0.142 e. The Bertz CT molecular complexity index is 396. The summed E-state index contributed by atoms with van der Waals surface area (Å²) in [6, 6.07) is 0.342. The van der Waals surface area contributed by atoms with E-state index in [1.54, 1.807) is 0 Å². The summed E-state index contributed by atoms with van der Waals surface area (Å²) in [6.07, 6.45) is 5.18. The lowest BCUT2D eigenvalue weighted by atomic mass is 10.1. The molecular formula is C12H19N3OS. The lowest BCUT2D eigenvalue weighted by Crippen LogP contribution is -2.29. The van der Waals surface area contributed by atoms with Crippen molar-refractivity contribution >= 4 is 22.4 Å². The first-order valence-corrected chi connectivity index (χ1v) is 7.16. The molecule has 3 rings (SSSR count). The van der Waals surface area contributed by atoms with Crippen LogP contribution in [0.1, 0.15) is 44.1 Å². The fourth-order valence-electron chi connectivity index (χ4n) is 2.48. The molecule has 0 radical (unpaired) electrons. The number of hydrogen-bond donors (Lipinski definition) is 2. The van der Waals surface area contributed by atoms with Crippen LogP contribution < -0.4 is 11.1 Å². The average molecular weight is 253 g/mol. The number of aromatic nitrogens is 1. The van der Waals surface area contributed by atoms with E-state index in [1.165, 1.54) is 36.4 Å². The van der Waals surface area contributed by atoms with Gasteiger partial charge in [-0.3, -0.25) is 0 Å². The lowest BCUT2D eigenvalue weighted by molar-refractivity contribution is 0.0997. The zero-order chi connectivity index (χ0) is 11.8. The van der Waals surface area contributed by atoms with Crippen LogP contribution in [0.3, 0.4) is 0 Å². The van der Waals surface area contributed by atoms with Crippen LogP contribution in [0.2, 0.25) is 0 Å². The van der Waals surface area contributed by atoms with Crippen LogP contribution in [0.4, 0.5) is 10.8 Å². The highest BCUT2D eigenvalue weighted by atomic mass is 32.1. The van der Waals surface area contributed by atoms with Crippen LogP contribution in [-0.4, -0.2) is 23.1 Å². The first kappa shape index (κ1) is 11.3. The van der Waals surface area contributed by atoms with Crippen molar-refractivity contribution in [3.63, 3.8) is 0 Å². The van der Waals surface area contributed by atoms with Crippen molar-refractivity contribution < 1.29 is 4.74 Å². The SMILES string of the molecule is CC(Nc1snc(N)c1C1CC1)C1CCCO1. The Hall–Kier alpha value is -0.810. The predicted octanol–water partition coefficient (Wildman–Crippen LogP) is 2.58. The van der Waals surface area contributed by atoms with Gasteiger partial charge in [-0.25, -0.2) is 0 Å². The molecule has 1 saturated heterocycles. The highest BCUT2D eigenvalue weighted by molar-refractivity contribution is 7.10. The van der Waals surface area contributed by atoms with E-state index >= 15 is 0 Å². The highest BCUT2D eigenvalue weighted by Gasteiger charge is 2.32. The van der Waals surface area contributed by atoms with Crippen molar-refractivity contribution in [3.05, 3.63) is 5.56 Å². The summed E-state index contributed by atoms with van der Waals surface area (Å²) in [4.78, 5) is 0. The van der Waals surface area contributed by atoms with Gasteiger partial charge in [-0.05, 0) is 50.1 Å². The molecule has 0 amide bonds. The molecule has 3 N–H and O–H groups in total. The zero-order valence-corrected chi connectivity index (χ0v) is 10.9. The molecule has 2 aliphatic rings. The lowest BCUT2D eigenvalue weighted by Gasteiger charge is -2.20. The van der Waals surface area contributed by atoms with Gasteiger partial charge in [0.2, 0.25) is 0 Å². The van der Waals surface area contributed by atoms with Gasteiger partial charge in [0.1, 0.15) is 10.8 Å². The van der Waals surface area contributed by atoms with E-state index in [1.807, 2.05) is 0 Å². The van der Waals surface area contributed by atoms with Gasteiger partial charge in [0, 0.05) is 12.2 Å². The van der Waals surface area contributed by atoms with E-state index in [2.05, 4.69) is 16.6 Å². The Kier molecular flexibility index (Phi) is 2.96. The first-order chi connectivity index (χ1) is 8.25. The Labute approximate surface area is 106 Å². The number of nitrogens with two attached hydrogens (primary N) is 1. The molecular weight excluding hydrogens is 234 g/mol. The fraction of sp³-hybridized carbons (Fsp3) is 0.750. The molecule has 1 aromatic rings. The summed E-state index contributed by atoms with van der Waals surface area (Å²) in [7, 11) is 0. The molecule has 1 saturated carbocycles. The molecule has 2 fully saturated rings. The van der Waals surface area contributed by atoms with Crippen LogP contribution >= 0.6 is 11.5 Å². The van der Waals surface area contributed by atoms with Gasteiger partial charge in [0.25, 0.3) is 0 Å². The third-order valence-corrected chi connectivity index (χ3v) is 4.43. The van der Waals surface area contributed by atoms with Crippen LogP contribution in [0.5, 0.6) is 0 Å². The predicted molar refractivity (Wildman–Crippen MR) is 70.6 cm³/mol. The van der Waals surface area contributed by atoms with Crippen LogP contribution in [-0.2, 0) is 4.74 Å². The standard InChI is InChI=1S/C12H19N3OS/c1-7(9-3-2-6-16-9)14-12-10(8-4-5-8)11(13)15-17-12/h7-9,14H,2-6H2,1H3,(H2,13,15). The average Bonchev–Trinajstić information content (AvgIpc) is 2.87. The monoisotopic (exact) mass is 253 g/mol. The minimum Gasteiger partial charge on any atom is -0.383 e. The van der Waals surface area contributed by atoms with E-state index in [9.17, 15) is 0 Å². The molecule has 0 bridgehead atoms. The second kappa shape index (κ2) is 4.46. The van der Waals surface area contributed by atoms with E-state index in [4.69, 9.17) is 10.5 Å². The summed E-state index contributed by atoms with van der Waals surface area (Å²) in [5.74, 6) is 1.37. The van der Waals surface area contributed by atoms with Crippen LogP contribution in [0.25, 0.3) is 0 Å². The second-order valence-electron chi connectivity index (χ2n) is 5.07. The highest BCUT2D eigenvalue weighted by Crippen LogP contribution is 2.47. The number of nitrogens with zero attached hydrogens (tertiary/aromatic N) is 1. The largest absolute Gasteiger partial charge is 0.383 e. The molecule has 1 aliphatic heterocycles. The molecule has 2 unspecified atom stereocenters. The van der Waals surface area contributed by atoms with Crippen molar-refractivity contribution in [1.29, 1.82) is 0 Å². The van der Waals surface area contributed by atoms with Gasteiger partial charge in [0.05, 0.1) is 12.1 Å². The van der Waals surface area contributed by atoms with E-state index in [-0.39, 0.29) is 0 Å². The molecule has 94 valence electrons. The molecule has 4 nitrogen and oxygen atoms in total. The van der Waals surface area contributed by atoms with E-state index in [0.717, 1.165) is 23.8 Å². The maximum absolute atomic E-state index is 5.94. The number of anilines is 2. The quantitative estimate of drug-likeness (QED) is 0.866. The molecule has 2 atom stereocenters.